The van der Waals surface area contributed by atoms with Crippen LogP contribution >= 0.6 is 0 Å². The van der Waals surface area contributed by atoms with E-state index in [2.05, 4.69) is 26.8 Å². The zero-order valence-corrected chi connectivity index (χ0v) is 11.9. The van der Waals surface area contributed by atoms with Gasteiger partial charge in [0, 0.05) is 11.8 Å². The van der Waals surface area contributed by atoms with E-state index in [0.717, 1.165) is 19.3 Å². The number of ketones is 1. The first-order chi connectivity index (χ1) is 8.22. The summed E-state index contributed by atoms with van der Waals surface area (Å²) in [5.74, 6) is 0.251. The van der Waals surface area contributed by atoms with Crippen molar-refractivity contribution < 1.29 is 9.90 Å². The Bertz CT molecular complexity index is 430. The van der Waals surface area contributed by atoms with Crippen LogP contribution in [0.3, 0.4) is 0 Å². The molecule has 0 bridgehead atoms. The minimum absolute atomic E-state index is 0.0246. The molecule has 0 aromatic carbocycles. The molecule has 0 aliphatic heterocycles. The van der Waals surface area contributed by atoms with Gasteiger partial charge in [0.05, 0.1) is 5.60 Å². The SMILES string of the molecule is CCC1=CC(=O)CC1(C)C1(C)C=CC(C)(O)CC1. The van der Waals surface area contributed by atoms with E-state index in [1.54, 1.807) is 0 Å². The van der Waals surface area contributed by atoms with Crippen molar-refractivity contribution in [2.24, 2.45) is 10.8 Å². The van der Waals surface area contributed by atoms with Crippen molar-refractivity contribution in [3.8, 4) is 0 Å². The Labute approximate surface area is 110 Å². The molecule has 3 atom stereocenters. The van der Waals surface area contributed by atoms with Crippen molar-refractivity contribution in [3.63, 3.8) is 0 Å². The van der Waals surface area contributed by atoms with Crippen LogP contribution in [0.15, 0.2) is 23.8 Å². The number of carbonyl (C=O) groups is 1. The normalized spacial score (nSPS) is 44.3. The van der Waals surface area contributed by atoms with Gasteiger partial charge in [-0.05, 0) is 37.7 Å². The highest BCUT2D eigenvalue weighted by atomic mass is 16.3. The van der Waals surface area contributed by atoms with E-state index in [0.29, 0.717) is 6.42 Å². The lowest BCUT2D eigenvalue weighted by atomic mass is 9.57. The van der Waals surface area contributed by atoms with Crippen molar-refractivity contribution in [1.29, 1.82) is 0 Å². The summed E-state index contributed by atoms with van der Waals surface area (Å²) in [6.07, 6.45) is 9.13. The third kappa shape index (κ3) is 1.97. The molecule has 2 aliphatic rings. The van der Waals surface area contributed by atoms with Gasteiger partial charge in [-0.15, -0.1) is 0 Å². The van der Waals surface area contributed by atoms with Crippen molar-refractivity contribution in [2.75, 3.05) is 0 Å². The van der Waals surface area contributed by atoms with Crippen LogP contribution in [0.5, 0.6) is 0 Å². The molecular formula is C16H24O2. The van der Waals surface area contributed by atoms with E-state index in [1.165, 1.54) is 5.57 Å². The molecule has 1 N–H and O–H groups in total. The topological polar surface area (TPSA) is 37.3 Å². The highest BCUT2D eigenvalue weighted by Gasteiger charge is 2.50. The number of allylic oxidation sites excluding steroid dienone is 3. The molecule has 0 spiro atoms. The zero-order chi connectivity index (χ0) is 13.6. The predicted octanol–water partition coefficient (Wildman–Crippen LogP) is 3.41. The third-order valence-corrected chi connectivity index (χ3v) is 5.17. The third-order valence-electron chi connectivity index (χ3n) is 5.17. The first-order valence-corrected chi connectivity index (χ1v) is 6.89. The summed E-state index contributed by atoms with van der Waals surface area (Å²) in [6, 6.07) is 0. The summed E-state index contributed by atoms with van der Waals surface area (Å²) in [7, 11) is 0. The molecule has 0 radical (unpaired) electrons. The molecule has 3 unspecified atom stereocenters. The molecule has 100 valence electrons. The Kier molecular flexibility index (Phi) is 3.05. The average molecular weight is 248 g/mol. The fourth-order valence-electron chi connectivity index (χ4n) is 3.43. The first-order valence-electron chi connectivity index (χ1n) is 6.89. The van der Waals surface area contributed by atoms with Gasteiger partial charge in [0.25, 0.3) is 0 Å². The van der Waals surface area contributed by atoms with E-state index in [1.807, 2.05) is 19.1 Å². The van der Waals surface area contributed by atoms with Crippen LogP contribution in [0.4, 0.5) is 0 Å². The van der Waals surface area contributed by atoms with Gasteiger partial charge >= 0.3 is 0 Å². The second-order valence-corrected chi connectivity index (χ2v) is 6.61. The average Bonchev–Trinajstić information content (AvgIpc) is 2.60. The molecule has 2 heteroatoms. The van der Waals surface area contributed by atoms with Crippen molar-refractivity contribution in [2.45, 2.75) is 59.0 Å². The van der Waals surface area contributed by atoms with E-state index in [9.17, 15) is 9.90 Å². The number of aliphatic hydroxyl groups is 1. The molecule has 0 fully saturated rings. The fraction of sp³-hybridized carbons (Fsp3) is 0.688. The van der Waals surface area contributed by atoms with Crippen LogP contribution in [0.2, 0.25) is 0 Å². The summed E-state index contributed by atoms with van der Waals surface area (Å²) in [4.78, 5) is 11.8. The Morgan fingerprint density at radius 1 is 1.22 bits per heavy atom. The second-order valence-electron chi connectivity index (χ2n) is 6.61. The van der Waals surface area contributed by atoms with Gasteiger partial charge < -0.3 is 5.11 Å². The molecule has 2 rings (SSSR count). The molecule has 2 nitrogen and oxygen atoms in total. The van der Waals surface area contributed by atoms with E-state index in [4.69, 9.17) is 0 Å². The molecule has 0 saturated carbocycles. The van der Waals surface area contributed by atoms with Crippen LogP contribution < -0.4 is 0 Å². The Morgan fingerprint density at radius 3 is 2.39 bits per heavy atom. The van der Waals surface area contributed by atoms with Gasteiger partial charge in [-0.2, -0.15) is 0 Å². The first kappa shape index (κ1) is 13.5. The lowest BCUT2D eigenvalue weighted by molar-refractivity contribution is -0.116. The molecule has 0 heterocycles. The largest absolute Gasteiger partial charge is 0.386 e. The molecule has 2 aliphatic carbocycles. The standard InChI is InChI=1S/C16H24O2/c1-5-12-10-13(17)11-16(12,4)14(2)6-8-15(3,18)9-7-14/h6,8,10,18H,5,7,9,11H2,1-4H3. The molecule has 0 amide bonds. The van der Waals surface area contributed by atoms with E-state index >= 15 is 0 Å². The number of rotatable bonds is 2. The predicted molar refractivity (Wildman–Crippen MR) is 73.2 cm³/mol. The van der Waals surface area contributed by atoms with Crippen molar-refractivity contribution >= 4 is 5.78 Å². The zero-order valence-electron chi connectivity index (χ0n) is 11.9. The Balaban J connectivity index is 2.37. The van der Waals surface area contributed by atoms with Crippen LogP contribution in [0, 0.1) is 10.8 Å². The van der Waals surface area contributed by atoms with Gasteiger partial charge in [0.2, 0.25) is 0 Å². The van der Waals surface area contributed by atoms with Crippen molar-refractivity contribution in [1.82, 2.24) is 0 Å². The summed E-state index contributed by atoms with van der Waals surface area (Å²) in [5, 5.41) is 10.0. The minimum Gasteiger partial charge on any atom is -0.386 e. The summed E-state index contributed by atoms with van der Waals surface area (Å²) >= 11 is 0. The Hall–Kier alpha value is -0.890. The molecular weight excluding hydrogens is 224 g/mol. The maximum Gasteiger partial charge on any atom is 0.156 e. The molecule has 0 aromatic heterocycles. The minimum atomic E-state index is -0.686. The quantitative estimate of drug-likeness (QED) is 0.760. The van der Waals surface area contributed by atoms with Crippen molar-refractivity contribution in [3.05, 3.63) is 23.8 Å². The lowest BCUT2D eigenvalue weighted by Gasteiger charge is -2.47. The van der Waals surface area contributed by atoms with Gasteiger partial charge in [0.1, 0.15) is 0 Å². The highest BCUT2D eigenvalue weighted by molar-refractivity contribution is 5.94. The summed E-state index contributed by atoms with van der Waals surface area (Å²) in [6.45, 7) is 8.40. The monoisotopic (exact) mass is 248 g/mol. The van der Waals surface area contributed by atoms with Gasteiger partial charge in [0.15, 0.2) is 5.78 Å². The van der Waals surface area contributed by atoms with Gasteiger partial charge in [-0.1, -0.05) is 38.5 Å². The fourth-order valence-corrected chi connectivity index (χ4v) is 3.43. The number of hydrogen-bond donors (Lipinski definition) is 1. The molecule has 0 saturated heterocycles. The van der Waals surface area contributed by atoms with E-state index < -0.39 is 5.60 Å². The highest BCUT2D eigenvalue weighted by Crippen LogP contribution is 2.56. The van der Waals surface area contributed by atoms with Gasteiger partial charge in [-0.3, -0.25) is 4.79 Å². The smallest absolute Gasteiger partial charge is 0.156 e. The van der Waals surface area contributed by atoms with E-state index in [-0.39, 0.29) is 16.6 Å². The maximum atomic E-state index is 11.8. The van der Waals surface area contributed by atoms with Crippen LogP contribution in [-0.4, -0.2) is 16.5 Å². The Morgan fingerprint density at radius 2 is 1.89 bits per heavy atom. The maximum absolute atomic E-state index is 11.8. The second kappa shape index (κ2) is 4.06. The number of carbonyl (C=O) groups excluding carboxylic acids is 1. The van der Waals surface area contributed by atoms with Crippen LogP contribution in [0.25, 0.3) is 0 Å². The number of hydrogen-bond acceptors (Lipinski definition) is 2. The molecule has 0 aromatic rings. The lowest BCUT2D eigenvalue weighted by Crippen LogP contribution is -2.41. The van der Waals surface area contributed by atoms with Crippen LogP contribution in [0.1, 0.15) is 53.4 Å². The van der Waals surface area contributed by atoms with Crippen LogP contribution in [-0.2, 0) is 4.79 Å². The van der Waals surface area contributed by atoms with Gasteiger partial charge in [-0.25, -0.2) is 0 Å². The summed E-state index contributed by atoms with van der Waals surface area (Å²) < 4.78 is 0. The molecule has 18 heavy (non-hydrogen) atoms. The summed E-state index contributed by atoms with van der Waals surface area (Å²) in [5.41, 5.74) is 0.477.